The number of amides is 7. The molecule has 23 heteroatoms. The summed E-state index contributed by atoms with van der Waals surface area (Å²) in [6, 6.07) is -5.81. The molecule has 23 nitrogen and oxygen atoms in total. The molecule has 0 bridgehead atoms. The van der Waals surface area contributed by atoms with Gasteiger partial charge in [-0.3, -0.25) is 43.2 Å². The Morgan fingerprint density at radius 1 is 0.638 bits per heavy atom. The lowest BCUT2D eigenvalue weighted by atomic mass is 9.98. The van der Waals surface area contributed by atoms with Gasteiger partial charge in [0.1, 0.15) is 42.0 Å². The molecule has 0 aromatic heterocycles. The Labute approximate surface area is 332 Å². The smallest absolute Gasteiger partial charge is 0.326 e. The van der Waals surface area contributed by atoms with E-state index in [1.807, 2.05) is 0 Å². The molecule has 1 rings (SSSR count). The fourth-order valence-corrected chi connectivity index (χ4v) is 5.06. The molecule has 0 spiro atoms. The van der Waals surface area contributed by atoms with E-state index in [2.05, 4.69) is 31.9 Å². The number of nitrogens with one attached hydrogen (secondary N) is 6. The van der Waals surface area contributed by atoms with Crippen LogP contribution in [0.15, 0.2) is 24.3 Å². The molecular formula is C35H52N8O15. The number of aliphatic hydroxyl groups is 1. The van der Waals surface area contributed by atoms with Crippen molar-refractivity contribution in [2.24, 2.45) is 17.4 Å². The average Bonchev–Trinajstić information content (AvgIpc) is 3.15. The third-order valence-corrected chi connectivity index (χ3v) is 8.68. The van der Waals surface area contributed by atoms with Crippen LogP contribution in [0.5, 0.6) is 5.75 Å². The first kappa shape index (κ1) is 49.7. The summed E-state index contributed by atoms with van der Waals surface area (Å²) in [7, 11) is 0. The first-order chi connectivity index (χ1) is 27.1. The summed E-state index contributed by atoms with van der Waals surface area (Å²) in [5.41, 5.74) is 11.2. The summed E-state index contributed by atoms with van der Waals surface area (Å²) in [4.78, 5) is 125. The molecule has 58 heavy (non-hydrogen) atoms. The molecule has 0 aliphatic heterocycles. The van der Waals surface area contributed by atoms with E-state index in [-0.39, 0.29) is 18.6 Å². The highest BCUT2D eigenvalue weighted by Gasteiger charge is 2.34. The van der Waals surface area contributed by atoms with E-state index in [1.165, 1.54) is 31.2 Å². The Hall–Kier alpha value is -6.36. The lowest BCUT2D eigenvalue weighted by Gasteiger charge is -2.27. The zero-order valence-corrected chi connectivity index (χ0v) is 32.1. The first-order valence-electron chi connectivity index (χ1n) is 18.0. The molecule has 7 amide bonds. The Bertz CT molecular complexity index is 1660. The first-order valence-corrected chi connectivity index (χ1v) is 18.0. The lowest BCUT2D eigenvalue weighted by Crippen LogP contribution is -2.61. The molecule has 0 saturated carbocycles. The molecule has 0 unspecified atom stereocenters. The minimum absolute atomic E-state index is 0.159. The number of hydrogen-bond donors (Lipinski definition) is 13. The van der Waals surface area contributed by atoms with Crippen LogP contribution in [0.4, 0.5) is 0 Å². The summed E-state index contributed by atoms with van der Waals surface area (Å²) in [5, 5.41) is 61.1. The van der Waals surface area contributed by atoms with Crippen molar-refractivity contribution in [2.75, 3.05) is 6.61 Å². The van der Waals surface area contributed by atoms with E-state index in [9.17, 15) is 68.4 Å². The number of phenols is 1. The molecule has 8 atom stereocenters. The quantitative estimate of drug-likeness (QED) is 0.0422. The number of aliphatic carboxylic acids is 3. The maximum absolute atomic E-state index is 13.7. The molecule has 322 valence electrons. The third-order valence-electron chi connectivity index (χ3n) is 8.68. The number of nitrogens with two attached hydrogens (primary N) is 2. The largest absolute Gasteiger partial charge is 0.508 e. The van der Waals surface area contributed by atoms with Crippen LogP contribution < -0.4 is 43.4 Å². The number of aromatic hydroxyl groups is 1. The molecule has 0 saturated heterocycles. The van der Waals surface area contributed by atoms with Crippen molar-refractivity contribution in [3.63, 3.8) is 0 Å². The highest BCUT2D eigenvalue weighted by atomic mass is 16.4. The van der Waals surface area contributed by atoms with Crippen molar-refractivity contribution < 1.29 is 73.5 Å². The number of aliphatic hydroxyl groups excluding tert-OH is 1. The molecule has 1 aromatic carbocycles. The molecule has 0 fully saturated rings. The van der Waals surface area contributed by atoms with Gasteiger partial charge < -0.3 is 68.9 Å². The molecule has 0 heterocycles. The summed E-state index contributed by atoms with van der Waals surface area (Å²) < 4.78 is 0. The zero-order valence-electron chi connectivity index (χ0n) is 32.1. The Kier molecular flexibility index (Phi) is 20.8. The molecular weight excluding hydrogens is 772 g/mol. The fourth-order valence-electron chi connectivity index (χ4n) is 5.06. The fraction of sp³-hybridized carbons (Fsp3) is 0.543. The van der Waals surface area contributed by atoms with Gasteiger partial charge in [0.2, 0.25) is 41.4 Å². The second kappa shape index (κ2) is 24.3. The van der Waals surface area contributed by atoms with E-state index in [4.69, 9.17) is 16.6 Å². The van der Waals surface area contributed by atoms with Crippen molar-refractivity contribution in [2.45, 2.75) is 108 Å². The van der Waals surface area contributed by atoms with Crippen LogP contribution in [0, 0.1) is 5.92 Å². The lowest BCUT2D eigenvalue weighted by molar-refractivity contribution is -0.144. The van der Waals surface area contributed by atoms with E-state index in [1.54, 1.807) is 13.8 Å². The summed E-state index contributed by atoms with van der Waals surface area (Å²) in [5.74, 6) is -12.3. The number of carbonyl (C=O) groups excluding carboxylic acids is 7. The van der Waals surface area contributed by atoms with E-state index in [0.717, 1.165) is 0 Å². The van der Waals surface area contributed by atoms with E-state index >= 15 is 0 Å². The van der Waals surface area contributed by atoms with Gasteiger partial charge in [0.05, 0.1) is 19.1 Å². The number of carboxylic acid groups (broad SMARTS) is 3. The van der Waals surface area contributed by atoms with Crippen LogP contribution in [0.25, 0.3) is 0 Å². The van der Waals surface area contributed by atoms with Crippen LogP contribution in [0.1, 0.15) is 64.9 Å². The third kappa shape index (κ3) is 17.6. The van der Waals surface area contributed by atoms with Gasteiger partial charge in [-0.25, -0.2) is 4.79 Å². The summed E-state index contributed by atoms with van der Waals surface area (Å²) in [6.45, 7) is 3.33. The second-order valence-electron chi connectivity index (χ2n) is 13.4. The van der Waals surface area contributed by atoms with Gasteiger partial charge in [0, 0.05) is 19.3 Å². The minimum atomic E-state index is -1.87. The molecule has 0 aliphatic carbocycles. The topological polar surface area (TPSA) is 396 Å². The number of phenolic OH excluding ortho intramolecular Hbond substituents is 1. The van der Waals surface area contributed by atoms with Crippen LogP contribution in [0.3, 0.4) is 0 Å². The van der Waals surface area contributed by atoms with Crippen molar-refractivity contribution in [3.05, 3.63) is 29.8 Å². The molecule has 0 radical (unpaired) electrons. The number of rotatable bonds is 26. The van der Waals surface area contributed by atoms with Crippen LogP contribution in [0.2, 0.25) is 0 Å². The summed E-state index contributed by atoms with van der Waals surface area (Å²) >= 11 is 0. The Morgan fingerprint density at radius 2 is 1.16 bits per heavy atom. The van der Waals surface area contributed by atoms with Crippen molar-refractivity contribution in [1.82, 2.24) is 31.9 Å². The maximum atomic E-state index is 13.7. The van der Waals surface area contributed by atoms with Crippen molar-refractivity contribution in [3.8, 4) is 5.75 Å². The normalized spacial score (nSPS) is 15.0. The highest BCUT2D eigenvalue weighted by molar-refractivity contribution is 5.98. The summed E-state index contributed by atoms with van der Waals surface area (Å²) in [6.07, 6.45) is -2.59. The number of carboxylic acids is 3. The van der Waals surface area contributed by atoms with Crippen molar-refractivity contribution >= 4 is 59.3 Å². The van der Waals surface area contributed by atoms with E-state index < -0.39 is 140 Å². The number of primary amides is 1. The van der Waals surface area contributed by atoms with Gasteiger partial charge in [-0.2, -0.15) is 0 Å². The van der Waals surface area contributed by atoms with Gasteiger partial charge in [0.25, 0.3) is 0 Å². The van der Waals surface area contributed by atoms with E-state index in [0.29, 0.717) is 12.0 Å². The molecule has 15 N–H and O–H groups in total. The van der Waals surface area contributed by atoms with Gasteiger partial charge in [-0.05, 0) is 43.4 Å². The number of benzene rings is 1. The number of carbonyl (C=O) groups is 10. The Morgan fingerprint density at radius 3 is 1.67 bits per heavy atom. The van der Waals surface area contributed by atoms with Crippen LogP contribution in [-0.2, 0) is 54.4 Å². The number of hydrogen-bond acceptors (Lipinski definition) is 13. The highest BCUT2D eigenvalue weighted by Crippen LogP contribution is 2.13. The van der Waals surface area contributed by atoms with Gasteiger partial charge >= 0.3 is 17.9 Å². The average molecular weight is 825 g/mol. The standard InChI is InChI=1S/C35H52N8O15/c1-4-16(2)28(35(57)58)43-31(53)21(10-11-25(37)46)39-34(56)24(15-44)42-32(54)22(13-18-5-7-19(45)8-6-18)41-33(55)23(14-27(49)50)40-29(51)17(3)38-30(52)20(36)9-12-26(47)48/h5-8,16-17,20-24,28,44-45H,4,9-15,36H2,1-3H3,(H2,37,46)(H,38,52)(H,39,56)(H,40,51)(H,41,55)(H,42,54)(H,43,53)(H,47,48)(H,49,50)(H,57,58)/t16-,17-,20-,21-,22-,23-,24-,28-/m0/s1. The second-order valence-corrected chi connectivity index (χ2v) is 13.4. The van der Waals surface area contributed by atoms with Gasteiger partial charge in [-0.1, -0.05) is 32.4 Å². The Balaban J connectivity index is 3.32. The minimum Gasteiger partial charge on any atom is -0.508 e. The molecule has 0 aliphatic rings. The van der Waals surface area contributed by atoms with Crippen molar-refractivity contribution in [1.29, 1.82) is 0 Å². The van der Waals surface area contributed by atoms with Gasteiger partial charge in [-0.15, -0.1) is 0 Å². The van der Waals surface area contributed by atoms with Gasteiger partial charge in [0.15, 0.2) is 0 Å². The zero-order chi connectivity index (χ0) is 44.3. The molecule has 1 aromatic rings. The predicted molar refractivity (Wildman–Crippen MR) is 199 cm³/mol. The van der Waals surface area contributed by atoms with Crippen LogP contribution >= 0.6 is 0 Å². The maximum Gasteiger partial charge on any atom is 0.326 e. The SMILES string of the molecule is CC[C@H](C)[C@H](NC(=O)[C@H](CCC(N)=O)NC(=O)[C@H](CO)NC(=O)[C@H](Cc1ccc(O)cc1)NC(=O)[C@H](CC(=O)O)NC(=O)[C@H](C)NC(=O)[C@@H](N)CCC(=O)O)C(=O)O. The van der Waals surface area contributed by atoms with Crippen LogP contribution in [-0.4, -0.2) is 134 Å². The monoisotopic (exact) mass is 824 g/mol. The predicted octanol–water partition coefficient (Wildman–Crippen LogP) is -4.08.